The molecule has 0 fully saturated rings. The number of thioether (sulfide) groups is 1. The lowest BCUT2D eigenvalue weighted by atomic mass is 10.0. The predicted octanol–water partition coefficient (Wildman–Crippen LogP) is 5.62. The minimum atomic E-state index is -0.675. The van der Waals surface area contributed by atoms with Crippen LogP contribution in [-0.4, -0.2) is 42.7 Å². The van der Waals surface area contributed by atoms with Gasteiger partial charge >= 0.3 is 0 Å². The first-order valence-corrected chi connectivity index (χ1v) is 13.0. The van der Waals surface area contributed by atoms with Crippen molar-refractivity contribution in [1.29, 1.82) is 0 Å². The van der Waals surface area contributed by atoms with E-state index in [1.54, 1.807) is 31.2 Å². The van der Waals surface area contributed by atoms with E-state index in [1.807, 2.05) is 60.7 Å². The predicted molar refractivity (Wildman–Crippen MR) is 144 cm³/mol. The van der Waals surface area contributed by atoms with Gasteiger partial charge in [0.15, 0.2) is 0 Å². The van der Waals surface area contributed by atoms with Crippen molar-refractivity contribution in [3.8, 4) is 5.75 Å². The Labute approximate surface area is 220 Å². The zero-order valence-corrected chi connectivity index (χ0v) is 22.0. The van der Waals surface area contributed by atoms with Crippen molar-refractivity contribution in [3.05, 3.63) is 99.5 Å². The van der Waals surface area contributed by atoms with Crippen LogP contribution in [0.3, 0.4) is 0 Å². The number of nitrogens with zero attached hydrogens (tertiary/aromatic N) is 1. The molecule has 3 rings (SSSR count). The fraction of sp³-hybridized carbons (Fsp3) is 0.259. The highest BCUT2D eigenvalue weighted by atomic mass is 35.5. The third kappa shape index (κ3) is 7.92. The Morgan fingerprint density at radius 1 is 0.943 bits per heavy atom. The minimum Gasteiger partial charge on any atom is -0.497 e. The van der Waals surface area contributed by atoms with Crippen molar-refractivity contribution >= 4 is 46.8 Å². The number of amides is 2. The number of carbonyl (C=O) groups excluding carboxylic acids is 2. The molecule has 0 aromatic heterocycles. The molecule has 1 N–H and O–H groups in total. The van der Waals surface area contributed by atoms with Crippen molar-refractivity contribution in [2.24, 2.45) is 0 Å². The van der Waals surface area contributed by atoms with Gasteiger partial charge in [-0.1, -0.05) is 71.7 Å². The summed E-state index contributed by atoms with van der Waals surface area (Å²) >= 11 is 13.8. The van der Waals surface area contributed by atoms with Crippen molar-refractivity contribution < 1.29 is 14.3 Å². The molecule has 184 valence electrons. The summed E-state index contributed by atoms with van der Waals surface area (Å²) in [6.07, 6.45) is 0.400. The number of hydrogen-bond acceptors (Lipinski definition) is 4. The molecule has 5 nitrogen and oxygen atoms in total. The van der Waals surface area contributed by atoms with E-state index in [1.165, 1.54) is 11.8 Å². The first-order chi connectivity index (χ1) is 16.9. The number of rotatable bonds is 11. The van der Waals surface area contributed by atoms with Gasteiger partial charge in [0, 0.05) is 25.8 Å². The van der Waals surface area contributed by atoms with Crippen LogP contribution in [-0.2, 0) is 28.3 Å². The Hall–Kier alpha value is -2.67. The Balaban J connectivity index is 1.80. The Morgan fingerprint density at radius 3 is 2.26 bits per heavy atom. The van der Waals surface area contributed by atoms with Crippen LogP contribution in [0.4, 0.5) is 0 Å². The molecule has 1 atom stereocenters. The summed E-state index contributed by atoms with van der Waals surface area (Å²) in [7, 11) is 3.21. The van der Waals surface area contributed by atoms with Crippen LogP contribution in [0.15, 0.2) is 72.8 Å². The summed E-state index contributed by atoms with van der Waals surface area (Å²) in [5.74, 6) is 1.34. The highest BCUT2D eigenvalue weighted by molar-refractivity contribution is 7.99. The number of likely N-dealkylation sites (N-methyl/N-ethyl adjacent to an activating group) is 1. The molecule has 0 heterocycles. The van der Waals surface area contributed by atoms with Gasteiger partial charge in [-0.2, -0.15) is 0 Å². The summed E-state index contributed by atoms with van der Waals surface area (Å²) in [6, 6.07) is 22.0. The van der Waals surface area contributed by atoms with E-state index in [4.69, 9.17) is 27.9 Å². The normalized spacial score (nSPS) is 11.5. The summed E-state index contributed by atoms with van der Waals surface area (Å²) in [5, 5.41) is 3.57. The van der Waals surface area contributed by atoms with Crippen LogP contribution in [0.25, 0.3) is 0 Å². The molecule has 0 bridgehead atoms. The second-order valence-corrected chi connectivity index (χ2v) is 9.73. The largest absolute Gasteiger partial charge is 0.497 e. The highest BCUT2D eigenvalue weighted by Gasteiger charge is 2.29. The smallest absolute Gasteiger partial charge is 0.242 e. The van der Waals surface area contributed by atoms with Gasteiger partial charge in [-0.25, -0.2) is 0 Å². The van der Waals surface area contributed by atoms with Gasteiger partial charge in [-0.05, 0) is 41.0 Å². The van der Waals surface area contributed by atoms with Crippen molar-refractivity contribution in [1.82, 2.24) is 10.2 Å². The molecule has 1 unspecified atom stereocenters. The Bertz CT molecular complexity index is 1130. The molecule has 0 radical (unpaired) electrons. The number of halogens is 2. The summed E-state index contributed by atoms with van der Waals surface area (Å²) in [5.41, 5.74) is 2.86. The number of carbonyl (C=O) groups is 2. The fourth-order valence-electron chi connectivity index (χ4n) is 3.62. The average molecular weight is 532 g/mol. The maximum atomic E-state index is 13.5. The maximum absolute atomic E-state index is 13.5. The number of benzene rings is 3. The first kappa shape index (κ1) is 26.9. The molecular weight excluding hydrogens is 503 g/mol. The number of methoxy groups -OCH3 is 1. The van der Waals surface area contributed by atoms with Crippen LogP contribution in [0.2, 0.25) is 10.0 Å². The van der Waals surface area contributed by atoms with Crippen molar-refractivity contribution in [3.63, 3.8) is 0 Å². The Morgan fingerprint density at radius 2 is 1.63 bits per heavy atom. The van der Waals surface area contributed by atoms with Gasteiger partial charge in [-0.15, -0.1) is 11.8 Å². The van der Waals surface area contributed by atoms with E-state index in [0.29, 0.717) is 22.2 Å². The summed E-state index contributed by atoms with van der Waals surface area (Å²) < 4.78 is 5.20. The molecule has 0 saturated carbocycles. The first-order valence-electron chi connectivity index (χ1n) is 11.1. The molecule has 0 aliphatic carbocycles. The lowest BCUT2D eigenvalue weighted by Crippen LogP contribution is -2.50. The van der Waals surface area contributed by atoms with Gasteiger partial charge < -0.3 is 15.0 Å². The van der Waals surface area contributed by atoms with Gasteiger partial charge in [0.1, 0.15) is 11.8 Å². The molecule has 2 amide bonds. The summed E-state index contributed by atoms with van der Waals surface area (Å²) in [6.45, 7) is 0.240. The number of hydrogen-bond donors (Lipinski definition) is 1. The van der Waals surface area contributed by atoms with Crippen LogP contribution in [0.5, 0.6) is 5.75 Å². The van der Waals surface area contributed by atoms with E-state index in [-0.39, 0.29) is 24.1 Å². The number of nitrogens with one attached hydrogen (secondary N) is 1. The highest BCUT2D eigenvalue weighted by Crippen LogP contribution is 2.25. The molecule has 0 aliphatic heterocycles. The number of ether oxygens (including phenoxy) is 1. The Kier molecular flexibility index (Phi) is 10.3. The zero-order valence-electron chi connectivity index (χ0n) is 19.7. The second-order valence-electron chi connectivity index (χ2n) is 7.93. The lowest BCUT2D eigenvalue weighted by molar-refractivity contribution is -0.139. The second kappa shape index (κ2) is 13.4. The van der Waals surface area contributed by atoms with Gasteiger partial charge in [0.25, 0.3) is 0 Å². The molecule has 0 spiro atoms. The molecule has 8 heteroatoms. The van der Waals surface area contributed by atoms with E-state index in [9.17, 15) is 9.59 Å². The molecule has 3 aromatic rings. The van der Waals surface area contributed by atoms with E-state index >= 15 is 0 Å². The van der Waals surface area contributed by atoms with Crippen LogP contribution >= 0.6 is 35.0 Å². The van der Waals surface area contributed by atoms with E-state index < -0.39 is 6.04 Å². The fourth-order valence-corrected chi connectivity index (χ4v) is 4.81. The average Bonchev–Trinajstić information content (AvgIpc) is 2.88. The van der Waals surface area contributed by atoms with E-state index in [2.05, 4.69) is 5.32 Å². The molecule has 0 saturated heterocycles. The zero-order chi connectivity index (χ0) is 25.2. The van der Waals surface area contributed by atoms with E-state index in [0.717, 1.165) is 22.4 Å². The van der Waals surface area contributed by atoms with Crippen LogP contribution < -0.4 is 10.1 Å². The van der Waals surface area contributed by atoms with Gasteiger partial charge in [0.2, 0.25) is 11.8 Å². The summed E-state index contributed by atoms with van der Waals surface area (Å²) in [4.78, 5) is 28.1. The molecule has 35 heavy (non-hydrogen) atoms. The van der Waals surface area contributed by atoms with Gasteiger partial charge in [-0.3, -0.25) is 9.59 Å². The quantitative estimate of drug-likeness (QED) is 0.349. The maximum Gasteiger partial charge on any atom is 0.242 e. The lowest BCUT2D eigenvalue weighted by Gasteiger charge is -2.31. The third-order valence-electron chi connectivity index (χ3n) is 5.51. The monoisotopic (exact) mass is 530 g/mol. The standard InChI is InChI=1S/C27H28Cl2N2O3S/c1-30-27(33)25(15-19-6-4-3-5-7-19)31(16-21-10-13-23(28)24(29)14-21)26(32)18-35-17-20-8-11-22(34-2)12-9-20/h3-14,25H,15-18H2,1-2H3,(H,30,33). The molecular formula is C27H28Cl2N2O3S. The topological polar surface area (TPSA) is 58.6 Å². The van der Waals surface area contributed by atoms with Crippen LogP contribution in [0, 0.1) is 0 Å². The minimum absolute atomic E-state index is 0.126. The molecule has 0 aliphatic rings. The van der Waals surface area contributed by atoms with Crippen LogP contribution in [0.1, 0.15) is 16.7 Å². The molecule has 3 aromatic carbocycles. The third-order valence-corrected chi connectivity index (χ3v) is 7.24. The SMILES string of the molecule is CNC(=O)C(Cc1ccccc1)N(Cc1ccc(Cl)c(Cl)c1)C(=O)CSCc1ccc(OC)cc1. The van der Waals surface area contributed by atoms with Crippen molar-refractivity contribution in [2.45, 2.75) is 24.8 Å². The van der Waals surface area contributed by atoms with Gasteiger partial charge in [0.05, 0.1) is 22.9 Å². The van der Waals surface area contributed by atoms with Crippen molar-refractivity contribution in [2.75, 3.05) is 19.9 Å².